The van der Waals surface area contributed by atoms with E-state index in [1.165, 1.54) is 7.05 Å². The van der Waals surface area contributed by atoms with Gasteiger partial charge >= 0.3 is 5.97 Å². The predicted molar refractivity (Wildman–Crippen MR) is 83.0 cm³/mol. The molecule has 4 nitrogen and oxygen atoms in total. The van der Waals surface area contributed by atoms with Gasteiger partial charge in [0.05, 0.1) is 12.2 Å². The van der Waals surface area contributed by atoms with Gasteiger partial charge in [0.1, 0.15) is 6.54 Å². The molecule has 24 heavy (non-hydrogen) atoms. The molecule has 1 amide bonds. The lowest BCUT2D eigenvalue weighted by Gasteiger charge is -2.17. The topological polar surface area (TPSA) is 46.6 Å². The summed E-state index contributed by atoms with van der Waals surface area (Å²) in [6.07, 6.45) is 5.01. The summed E-state index contributed by atoms with van der Waals surface area (Å²) in [7, 11) is 1.26. The van der Waals surface area contributed by atoms with Crippen molar-refractivity contribution >= 4 is 11.9 Å². The standard InChI is InChI=1S/C17H22F3NO3/c1-3-4-5-6-7-10-24-14(22)11-21(2)17(23)12-8-9-13(18)16(20)15(12)19/h8-9H,3-7,10-11H2,1-2H3. The molecule has 0 saturated heterocycles. The number of benzene rings is 1. The zero-order valence-corrected chi connectivity index (χ0v) is 13.9. The molecule has 134 valence electrons. The fraction of sp³-hybridized carbons (Fsp3) is 0.529. The molecule has 0 aromatic heterocycles. The number of carbonyl (C=O) groups is 2. The first-order chi connectivity index (χ1) is 11.4. The Labute approximate surface area is 139 Å². The van der Waals surface area contributed by atoms with Crippen LogP contribution in [0.1, 0.15) is 49.4 Å². The Bertz CT molecular complexity index is 578. The highest BCUT2D eigenvalue weighted by Crippen LogP contribution is 2.16. The molecule has 0 spiro atoms. The number of hydrogen-bond acceptors (Lipinski definition) is 3. The molecule has 0 aliphatic rings. The molecule has 0 radical (unpaired) electrons. The van der Waals surface area contributed by atoms with Gasteiger partial charge in [-0.3, -0.25) is 9.59 Å². The van der Waals surface area contributed by atoms with Crippen molar-refractivity contribution in [3.8, 4) is 0 Å². The van der Waals surface area contributed by atoms with E-state index in [2.05, 4.69) is 6.92 Å². The first-order valence-electron chi connectivity index (χ1n) is 7.93. The molecule has 0 fully saturated rings. The SMILES string of the molecule is CCCCCCCOC(=O)CN(C)C(=O)c1ccc(F)c(F)c1F. The second-order valence-electron chi connectivity index (χ2n) is 5.52. The summed E-state index contributed by atoms with van der Waals surface area (Å²) in [5, 5.41) is 0. The molecule has 0 N–H and O–H groups in total. The molecule has 0 unspecified atom stereocenters. The minimum Gasteiger partial charge on any atom is -0.464 e. The highest BCUT2D eigenvalue weighted by Gasteiger charge is 2.22. The number of unbranched alkanes of at least 4 members (excludes halogenated alkanes) is 4. The molecule has 0 saturated carbocycles. The van der Waals surface area contributed by atoms with Crippen molar-refractivity contribution in [1.82, 2.24) is 4.90 Å². The van der Waals surface area contributed by atoms with Gasteiger partial charge in [-0.1, -0.05) is 32.6 Å². The van der Waals surface area contributed by atoms with Crippen LogP contribution in [-0.2, 0) is 9.53 Å². The minimum absolute atomic E-state index is 0.254. The third kappa shape index (κ3) is 5.86. The Balaban J connectivity index is 2.47. The number of likely N-dealkylation sites (N-methyl/N-ethyl adjacent to an activating group) is 1. The summed E-state index contributed by atoms with van der Waals surface area (Å²) in [4.78, 5) is 24.5. The minimum atomic E-state index is -1.72. The molecule has 1 rings (SSSR count). The third-order valence-corrected chi connectivity index (χ3v) is 3.49. The average Bonchev–Trinajstić information content (AvgIpc) is 2.55. The number of nitrogens with zero attached hydrogens (tertiary/aromatic N) is 1. The maximum absolute atomic E-state index is 13.6. The summed E-state index contributed by atoms with van der Waals surface area (Å²) in [6.45, 7) is 1.96. The number of esters is 1. The summed E-state index contributed by atoms with van der Waals surface area (Å²) in [5.41, 5.74) is -0.635. The van der Waals surface area contributed by atoms with Crippen LogP contribution in [-0.4, -0.2) is 37.0 Å². The van der Waals surface area contributed by atoms with Crippen molar-refractivity contribution in [1.29, 1.82) is 0 Å². The summed E-state index contributed by atoms with van der Waals surface area (Å²) in [5.74, 6) is -6.23. The van der Waals surface area contributed by atoms with Crippen LogP contribution < -0.4 is 0 Å². The first kappa shape index (κ1) is 20.0. The van der Waals surface area contributed by atoms with Crippen molar-refractivity contribution in [2.75, 3.05) is 20.2 Å². The van der Waals surface area contributed by atoms with Crippen molar-refractivity contribution in [2.24, 2.45) is 0 Å². The third-order valence-electron chi connectivity index (χ3n) is 3.49. The van der Waals surface area contributed by atoms with E-state index in [0.717, 1.165) is 43.1 Å². The van der Waals surface area contributed by atoms with Gasteiger partial charge in [-0.25, -0.2) is 13.2 Å². The van der Waals surface area contributed by atoms with Crippen LogP contribution in [0.5, 0.6) is 0 Å². The predicted octanol–water partition coefficient (Wildman–Crippen LogP) is 3.69. The summed E-state index contributed by atoms with van der Waals surface area (Å²) < 4.78 is 44.6. The quantitative estimate of drug-likeness (QED) is 0.390. The van der Waals surface area contributed by atoms with E-state index in [1.807, 2.05) is 0 Å². The number of hydrogen-bond donors (Lipinski definition) is 0. The van der Waals surface area contributed by atoms with Gasteiger partial charge in [-0.15, -0.1) is 0 Å². The number of ether oxygens (including phenoxy) is 1. The second-order valence-corrected chi connectivity index (χ2v) is 5.52. The monoisotopic (exact) mass is 345 g/mol. The molecule has 1 aromatic rings. The molecule has 0 heterocycles. The van der Waals surface area contributed by atoms with E-state index in [9.17, 15) is 22.8 Å². The van der Waals surface area contributed by atoms with Gasteiger partial charge in [0, 0.05) is 7.05 Å². The zero-order valence-electron chi connectivity index (χ0n) is 13.9. The molecule has 0 atom stereocenters. The number of carbonyl (C=O) groups excluding carboxylic acids is 2. The van der Waals surface area contributed by atoms with Gasteiger partial charge in [0.25, 0.3) is 5.91 Å². The number of amides is 1. The molecule has 1 aromatic carbocycles. The summed E-state index contributed by atoms with van der Waals surface area (Å²) in [6, 6.07) is 1.50. The normalized spacial score (nSPS) is 10.5. The van der Waals surface area contributed by atoms with Crippen LogP contribution >= 0.6 is 0 Å². The molecule has 7 heteroatoms. The number of rotatable bonds is 9. The van der Waals surface area contributed by atoms with Crippen molar-refractivity contribution < 1.29 is 27.5 Å². The van der Waals surface area contributed by atoms with Crippen molar-refractivity contribution in [2.45, 2.75) is 39.0 Å². The Morgan fingerprint density at radius 1 is 1.04 bits per heavy atom. The van der Waals surface area contributed by atoms with Crippen LogP contribution in [0, 0.1) is 17.5 Å². The Morgan fingerprint density at radius 3 is 2.38 bits per heavy atom. The average molecular weight is 345 g/mol. The van der Waals surface area contributed by atoms with E-state index in [0.29, 0.717) is 6.07 Å². The Morgan fingerprint density at radius 2 is 1.71 bits per heavy atom. The maximum atomic E-state index is 13.6. The van der Waals surface area contributed by atoms with Gasteiger partial charge in [-0.2, -0.15) is 0 Å². The van der Waals surface area contributed by atoms with E-state index < -0.39 is 41.4 Å². The molecule has 0 aliphatic carbocycles. The van der Waals surface area contributed by atoms with E-state index in [-0.39, 0.29) is 6.61 Å². The highest BCUT2D eigenvalue weighted by molar-refractivity contribution is 5.96. The number of halogens is 3. The smallest absolute Gasteiger partial charge is 0.325 e. The van der Waals surface area contributed by atoms with Gasteiger partial charge < -0.3 is 9.64 Å². The maximum Gasteiger partial charge on any atom is 0.325 e. The fourth-order valence-electron chi connectivity index (χ4n) is 2.10. The highest BCUT2D eigenvalue weighted by atomic mass is 19.2. The van der Waals surface area contributed by atoms with Gasteiger partial charge in [0.15, 0.2) is 17.5 Å². The van der Waals surface area contributed by atoms with E-state index >= 15 is 0 Å². The van der Waals surface area contributed by atoms with E-state index in [1.54, 1.807) is 0 Å². The fourth-order valence-corrected chi connectivity index (χ4v) is 2.10. The van der Waals surface area contributed by atoms with Crippen molar-refractivity contribution in [3.05, 3.63) is 35.1 Å². The molecule has 0 aliphatic heterocycles. The van der Waals surface area contributed by atoms with Gasteiger partial charge in [0.2, 0.25) is 0 Å². The van der Waals surface area contributed by atoms with Crippen LogP contribution in [0.4, 0.5) is 13.2 Å². The lowest BCUT2D eigenvalue weighted by Crippen LogP contribution is -2.33. The Hall–Kier alpha value is -2.05. The van der Waals surface area contributed by atoms with Crippen LogP contribution in [0.2, 0.25) is 0 Å². The molecular weight excluding hydrogens is 323 g/mol. The lowest BCUT2D eigenvalue weighted by molar-refractivity contribution is -0.144. The largest absolute Gasteiger partial charge is 0.464 e. The van der Waals surface area contributed by atoms with Crippen molar-refractivity contribution in [3.63, 3.8) is 0 Å². The van der Waals surface area contributed by atoms with E-state index in [4.69, 9.17) is 4.74 Å². The van der Waals surface area contributed by atoms with Gasteiger partial charge in [-0.05, 0) is 18.6 Å². The Kier molecular flexibility index (Phi) is 8.29. The van der Waals surface area contributed by atoms with Crippen LogP contribution in [0.3, 0.4) is 0 Å². The first-order valence-corrected chi connectivity index (χ1v) is 7.93. The zero-order chi connectivity index (χ0) is 18.1. The van der Waals surface area contributed by atoms with Crippen LogP contribution in [0.15, 0.2) is 12.1 Å². The molecule has 0 bridgehead atoms. The van der Waals surface area contributed by atoms with Crippen LogP contribution in [0.25, 0.3) is 0 Å². The lowest BCUT2D eigenvalue weighted by atomic mass is 10.1. The summed E-state index contributed by atoms with van der Waals surface area (Å²) >= 11 is 0. The molecular formula is C17H22F3NO3. The second kappa shape index (κ2) is 9.95.